The van der Waals surface area contributed by atoms with E-state index in [1.54, 1.807) is 12.3 Å². The first-order chi connectivity index (χ1) is 10.2. The predicted octanol–water partition coefficient (Wildman–Crippen LogP) is 3.10. The lowest BCUT2D eigenvalue weighted by molar-refractivity contribution is -0.0337. The van der Waals surface area contributed by atoms with Crippen molar-refractivity contribution in [2.75, 3.05) is 6.61 Å². The molecule has 2 heterocycles. The molecule has 21 heavy (non-hydrogen) atoms. The molecule has 0 unspecified atom stereocenters. The van der Waals surface area contributed by atoms with Crippen molar-refractivity contribution in [1.29, 1.82) is 0 Å². The van der Waals surface area contributed by atoms with Crippen molar-refractivity contribution in [1.82, 2.24) is 10.3 Å². The quantitative estimate of drug-likeness (QED) is 0.906. The lowest BCUT2D eigenvalue weighted by atomic mass is 9.89. The van der Waals surface area contributed by atoms with Crippen molar-refractivity contribution in [3.05, 3.63) is 29.6 Å². The highest BCUT2D eigenvalue weighted by molar-refractivity contribution is 5.95. The molecule has 0 saturated carbocycles. The molecule has 4 nitrogen and oxygen atoms in total. The highest BCUT2D eigenvalue weighted by Crippen LogP contribution is 2.25. The fourth-order valence-corrected chi connectivity index (χ4v) is 3.09. The third-order valence-electron chi connectivity index (χ3n) is 4.48. The summed E-state index contributed by atoms with van der Waals surface area (Å²) < 4.78 is 5.90. The van der Waals surface area contributed by atoms with Crippen LogP contribution in [0.2, 0.25) is 0 Å². The summed E-state index contributed by atoms with van der Waals surface area (Å²) in [7, 11) is 0. The van der Waals surface area contributed by atoms with Crippen LogP contribution < -0.4 is 5.32 Å². The summed E-state index contributed by atoms with van der Waals surface area (Å²) in [6.07, 6.45) is 6.05. The maximum atomic E-state index is 12.4. The van der Waals surface area contributed by atoms with Gasteiger partial charge < -0.3 is 10.1 Å². The molecule has 1 N–H and O–H groups in total. The third kappa shape index (κ3) is 4.03. The molecule has 0 radical (unpaired) electrons. The zero-order valence-corrected chi connectivity index (χ0v) is 13.3. The molecule has 2 rings (SSSR count). The summed E-state index contributed by atoms with van der Waals surface area (Å²) >= 11 is 0. The molecule has 1 aliphatic rings. The first-order valence-electron chi connectivity index (χ1n) is 7.99. The van der Waals surface area contributed by atoms with Gasteiger partial charge in [0.1, 0.15) is 0 Å². The number of pyridine rings is 1. The van der Waals surface area contributed by atoms with Crippen LogP contribution in [0, 0.1) is 12.8 Å². The highest BCUT2D eigenvalue weighted by Gasteiger charge is 2.28. The number of amides is 1. The van der Waals surface area contributed by atoms with Crippen molar-refractivity contribution < 1.29 is 9.53 Å². The second-order valence-electron chi connectivity index (χ2n) is 5.82. The Bertz CT molecular complexity index is 472. The van der Waals surface area contributed by atoms with Crippen LogP contribution in [0.25, 0.3) is 0 Å². The van der Waals surface area contributed by atoms with E-state index in [1.165, 1.54) is 0 Å². The number of nitrogens with one attached hydrogen (secondary N) is 1. The van der Waals surface area contributed by atoms with Crippen molar-refractivity contribution in [2.24, 2.45) is 5.92 Å². The van der Waals surface area contributed by atoms with E-state index in [-0.39, 0.29) is 18.1 Å². The van der Waals surface area contributed by atoms with E-state index in [1.807, 2.05) is 13.0 Å². The smallest absolute Gasteiger partial charge is 0.253 e. The topological polar surface area (TPSA) is 51.2 Å². The van der Waals surface area contributed by atoms with E-state index >= 15 is 0 Å². The highest BCUT2D eigenvalue weighted by atomic mass is 16.5. The molecule has 1 fully saturated rings. The Labute approximate surface area is 127 Å². The molecular weight excluding hydrogens is 264 g/mol. The van der Waals surface area contributed by atoms with E-state index in [2.05, 4.69) is 24.1 Å². The normalized spacial score (nSPS) is 22.3. The van der Waals surface area contributed by atoms with Crippen molar-refractivity contribution in [3.8, 4) is 0 Å². The Kier molecular flexibility index (Phi) is 5.74. The molecule has 116 valence electrons. The van der Waals surface area contributed by atoms with Gasteiger partial charge in [-0.2, -0.15) is 0 Å². The molecule has 0 aliphatic carbocycles. The number of hydrogen-bond acceptors (Lipinski definition) is 3. The number of aryl methyl sites for hydroxylation is 1. The number of rotatable bonds is 5. The maximum Gasteiger partial charge on any atom is 0.253 e. The van der Waals surface area contributed by atoms with Gasteiger partial charge in [0.15, 0.2) is 0 Å². The van der Waals surface area contributed by atoms with Crippen LogP contribution in [-0.2, 0) is 4.74 Å². The number of ether oxygens (including phenoxy) is 1. The zero-order chi connectivity index (χ0) is 15.2. The molecular formula is C17H26N2O2. The number of nitrogens with zero attached hydrogens (tertiary/aromatic N) is 1. The van der Waals surface area contributed by atoms with Gasteiger partial charge >= 0.3 is 0 Å². The van der Waals surface area contributed by atoms with E-state index in [0.717, 1.165) is 38.0 Å². The van der Waals surface area contributed by atoms with Gasteiger partial charge in [0.2, 0.25) is 0 Å². The van der Waals surface area contributed by atoms with Gasteiger partial charge in [-0.05, 0) is 37.8 Å². The summed E-state index contributed by atoms with van der Waals surface area (Å²) in [5.41, 5.74) is 1.45. The zero-order valence-electron chi connectivity index (χ0n) is 13.3. The Morgan fingerprint density at radius 1 is 1.48 bits per heavy atom. The van der Waals surface area contributed by atoms with Gasteiger partial charge in [-0.1, -0.05) is 26.7 Å². The largest absolute Gasteiger partial charge is 0.378 e. The molecule has 1 saturated heterocycles. The predicted molar refractivity (Wildman–Crippen MR) is 83.3 cm³/mol. The van der Waals surface area contributed by atoms with Crippen LogP contribution in [-0.4, -0.2) is 29.6 Å². The SMILES string of the molecule is CCC(CC)[C@@H]1C[C@@H](NC(=O)c2cccnc2C)CCO1. The Morgan fingerprint density at radius 3 is 2.90 bits per heavy atom. The van der Waals surface area contributed by atoms with Crippen LogP contribution in [0.15, 0.2) is 18.3 Å². The Balaban J connectivity index is 1.96. The summed E-state index contributed by atoms with van der Waals surface area (Å²) in [4.78, 5) is 16.5. The molecule has 0 spiro atoms. The number of aromatic nitrogens is 1. The molecule has 4 heteroatoms. The fourth-order valence-electron chi connectivity index (χ4n) is 3.09. The van der Waals surface area contributed by atoms with E-state index in [0.29, 0.717) is 11.5 Å². The molecule has 0 aromatic carbocycles. The second kappa shape index (κ2) is 7.55. The second-order valence-corrected chi connectivity index (χ2v) is 5.82. The standard InChI is InChI=1S/C17H26N2O2/c1-4-13(5-2)16-11-14(8-10-21-16)19-17(20)15-7-6-9-18-12(15)3/h6-7,9,13-14,16H,4-5,8,10-11H2,1-3H3,(H,19,20)/t14-,16-/m0/s1. The van der Waals surface area contributed by atoms with Crippen LogP contribution in [0.1, 0.15) is 55.6 Å². The van der Waals surface area contributed by atoms with Crippen molar-refractivity contribution in [2.45, 2.75) is 58.6 Å². The first-order valence-corrected chi connectivity index (χ1v) is 7.99. The molecule has 0 bridgehead atoms. The average molecular weight is 290 g/mol. The molecule has 2 atom stereocenters. The van der Waals surface area contributed by atoms with Gasteiger partial charge in [-0.25, -0.2) is 0 Å². The minimum absolute atomic E-state index is 0.0178. The van der Waals surface area contributed by atoms with Crippen LogP contribution >= 0.6 is 0 Å². The lowest BCUT2D eigenvalue weighted by Crippen LogP contribution is -2.44. The Hall–Kier alpha value is -1.42. The van der Waals surface area contributed by atoms with Gasteiger partial charge in [-0.3, -0.25) is 9.78 Å². The van der Waals surface area contributed by atoms with Crippen LogP contribution in [0.3, 0.4) is 0 Å². The van der Waals surface area contributed by atoms with Crippen molar-refractivity contribution >= 4 is 5.91 Å². The summed E-state index contributed by atoms with van der Waals surface area (Å²) in [5, 5.41) is 3.15. The fraction of sp³-hybridized carbons (Fsp3) is 0.647. The van der Waals surface area contributed by atoms with Gasteiger partial charge in [0.05, 0.1) is 11.7 Å². The molecule has 1 aromatic rings. The van der Waals surface area contributed by atoms with Gasteiger partial charge in [0, 0.05) is 24.5 Å². The van der Waals surface area contributed by atoms with Gasteiger partial charge in [0.25, 0.3) is 5.91 Å². The van der Waals surface area contributed by atoms with Crippen molar-refractivity contribution in [3.63, 3.8) is 0 Å². The van der Waals surface area contributed by atoms with E-state index in [9.17, 15) is 4.79 Å². The third-order valence-corrected chi connectivity index (χ3v) is 4.48. The Morgan fingerprint density at radius 2 is 2.24 bits per heavy atom. The summed E-state index contributed by atoms with van der Waals surface area (Å²) in [5.74, 6) is 0.570. The first kappa shape index (κ1) is 16.0. The number of carbonyl (C=O) groups is 1. The minimum Gasteiger partial charge on any atom is -0.378 e. The van der Waals surface area contributed by atoms with E-state index in [4.69, 9.17) is 4.74 Å². The summed E-state index contributed by atoms with van der Waals surface area (Å²) in [6.45, 7) is 7.02. The van der Waals surface area contributed by atoms with Crippen LogP contribution in [0.5, 0.6) is 0 Å². The van der Waals surface area contributed by atoms with E-state index < -0.39 is 0 Å². The number of hydrogen-bond donors (Lipinski definition) is 1. The lowest BCUT2D eigenvalue weighted by Gasteiger charge is -2.34. The monoisotopic (exact) mass is 290 g/mol. The van der Waals surface area contributed by atoms with Crippen LogP contribution in [0.4, 0.5) is 0 Å². The average Bonchev–Trinajstić information content (AvgIpc) is 2.49. The maximum absolute atomic E-state index is 12.4. The molecule has 1 amide bonds. The summed E-state index contributed by atoms with van der Waals surface area (Å²) in [6, 6.07) is 3.84. The molecule has 1 aliphatic heterocycles. The molecule has 1 aromatic heterocycles. The minimum atomic E-state index is -0.0178. The van der Waals surface area contributed by atoms with Gasteiger partial charge in [-0.15, -0.1) is 0 Å². The number of carbonyl (C=O) groups excluding carboxylic acids is 1.